The number of carbonyl (C=O) groups excluding carboxylic acids is 4. The van der Waals surface area contributed by atoms with Crippen molar-refractivity contribution in [2.24, 2.45) is 11.8 Å². The van der Waals surface area contributed by atoms with Crippen LogP contribution < -0.4 is 24.3 Å². The van der Waals surface area contributed by atoms with Gasteiger partial charge in [-0.2, -0.15) is 0 Å². The van der Waals surface area contributed by atoms with Crippen LogP contribution in [0.3, 0.4) is 0 Å². The zero-order valence-electron chi connectivity index (χ0n) is 26.4. The Kier molecular flexibility index (Phi) is 10.4. The predicted octanol–water partition coefficient (Wildman–Crippen LogP) is 3.41. The summed E-state index contributed by atoms with van der Waals surface area (Å²) in [6, 6.07) is 14.5. The topological polar surface area (TPSA) is 158 Å². The SMILES string of the molecule is COc1ccnc(C(=O)N[C@H]2COC(=O)C(Cc3ccccc3)C(OC(=O)C(C)C)C(C)OC2=O)c1OCc1ccc2c(c1)OCO2. The molecule has 0 bridgehead atoms. The number of hydrogen-bond acceptors (Lipinski definition) is 12. The van der Waals surface area contributed by atoms with E-state index in [2.05, 4.69) is 10.3 Å². The zero-order valence-corrected chi connectivity index (χ0v) is 26.4. The molecular weight excluding hydrogens is 612 g/mol. The second kappa shape index (κ2) is 14.8. The number of cyclic esters (lactones) is 2. The van der Waals surface area contributed by atoms with E-state index in [-0.39, 0.29) is 37.0 Å². The minimum atomic E-state index is -1.42. The van der Waals surface area contributed by atoms with Crippen molar-refractivity contribution >= 4 is 23.8 Å². The molecule has 47 heavy (non-hydrogen) atoms. The predicted molar refractivity (Wildman–Crippen MR) is 164 cm³/mol. The minimum Gasteiger partial charge on any atom is -0.493 e. The average molecular weight is 649 g/mol. The summed E-state index contributed by atoms with van der Waals surface area (Å²) in [4.78, 5) is 57.3. The summed E-state index contributed by atoms with van der Waals surface area (Å²) < 4.78 is 39.1. The Bertz CT molecular complexity index is 1610. The van der Waals surface area contributed by atoms with Gasteiger partial charge in [0.05, 0.1) is 13.0 Å². The lowest BCUT2D eigenvalue weighted by Gasteiger charge is -2.29. The molecule has 2 aliphatic rings. The maximum atomic E-state index is 13.6. The summed E-state index contributed by atoms with van der Waals surface area (Å²) in [6.45, 7) is 4.45. The van der Waals surface area contributed by atoms with Crippen LogP contribution >= 0.6 is 0 Å². The molecule has 2 aromatic carbocycles. The molecule has 1 N–H and O–H groups in total. The lowest BCUT2D eigenvalue weighted by Crippen LogP contribution is -2.47. The highest BCUT2D eigenvalue weighted by Crippen LogP contribution is 2.34. The number of ether oxygens (including phenoxy) is 7. The van der Waals surface area contributed by atoms with Crippen LogP contribution in [0, 0.1) is 11.8 Å². The van der Waals surface area contributed by atoms with E-state index in [1.807, 2.05) is 30.3 Å². The second-order valence-electron chi connectivity index (χ2n) is 11.3. The smallest absolute Gasteiger partial charge is 0.332 e. The third-order valence-electron chi connectivity index (χ3n) is 7.59. The van der Waals surface area contributed by atoms with Gasteiger partial charge in [-0.05, 0) is 36.6 Å². The van der Waals surface area contributed by atoms with Crippen LogP contribution in [-0.2, 0) is 41.6 Å². The number of pyridine rings is 1. The van der Waals surface area contributed by atoms with Gasteiger partial charge in [0.1, 0.15) is 25.2 Å². The normalized spacial score (nSPS) is 20.6. The van der Waals surface area contributed by atoms with Gasteiger partial charge >= 0.3 is 17.9 Å². The maximum Gasteiger partial charge on any atom is 0.332 e. The lowest BCUT2D eigenvalue weighted by molar-refractivity contribution is -0.176. The first-order valence-corrected chi connectivity index (χ1v) is 15.1. The molecule has 4 atom stereocenters. The third-order valence-corrected chi connectivity index (χ3v) is 7.59. The van der Waals surface area contributed by atoms with Crippen molar-refractivity contribution in [3.63, 3.8) is 0 Å². The number of methoxy groups -OCH3 is 1. The Morgan fingerprint density at radius 2 is 1.74 bits per heavy atom. The van der Waals surface area contributed by atoms with E-state index < -0.39 is 60.5 Å². The van der Waals surface area contributed by atoms with Crippen molar-refractivity contribution < 1.29 is 52.3 Å². The number of aromatic nitrogens is 1. The molecule has 1 fully saturated rings. The molecule has 13 heteroatoms. The molecular formula is C34H36N2O11. The van der Waals surface area contributed by atoms with Gasteiger partial charge in [-0.25, -0.2) is 9.78 Å². The second-order valence-corrected chi connectivity index (χ2v) is 11.3. The van der Waals surface area contributed by atoms with E-state index in [1.54, 1.807) is 32.0 Å². The molecule has 13 nitrogen and oxygen atoms in total. The highest BCUT2D eigenvalue weighted by atomic mass is 16.7. The number of nitrogens with one attached hydrogen (secondary N) is 1. The number of hydrogen-bond donors (Lipinski definition) is 1. The van der Waals surface area contributed by atoms with Crippen molar-refractivity contribution in [2.75, 3.05) is 20.5 Å². The van der Waals surface area contributed by atoms with Crippen molar-refractivity contribution in [3.05, 3.63) is 77.6 Å². The lowest BCUT2D eigenvalue weighted by atomic mass is 9.91. The highest BCUT2D eigenvalue weighted by molar-refractivity contribution is 5.98. The van der Waals surface area contributed by atoms with Gasteiger partial charge in [-0.1, -0.05) is 50.2 Å². The average Bonchev–Trinajstić information content (AvgIpc) is 3.55. The van der Waals surface area contributed by atoms with Crippen LogP contribution in [0.2, 0.25) is 0 Å². The summed E-state index contributed by atoms with van der Waals surface area (Å²) in [7, 11) is 1.41. The Morgan fingerprint density at radius 1 is 0.979 bits per heavy atom. The van der Waals surface area contributed by atoms with Crippen LogP contribution in [0.1, 0.15) is 42.4 Å². The Balaban J connectivity index is 1.35. The van der Waals surface area contributed by atoms with Crippen molar-refractivity contribution in [1.29, 1.82) is 0 Å². The van der Waals surface area contributed by atoms with Gasteiger partial charge in [-0.15, -0.1) is 0 Å². The number of benzene rings is 2. The molecule has 0 spiro atoms. The molecule has 0 aliphatic carbocycles. The maximum absolute atomic E-state index is 13.6. The van der Waals surface area contributed by atoms with Crippen LogP contribution in [0.5, 0.6) is 23.0 Å². The molecule has 1 saturated heterocycles. The van der Waals surface area contributed by atoms with E-state index in [1.165, 1.54) is 26.3 Å². The number of esters is 3. The quantitative estimate of drug-likeness (QED) is 0.253. The van der Waals surface area contributed by atoms with Gasteiger partial charge in [0.25, 0.3) is 5.91 Å². The molecule has 1 amide bonds. The first kappa shape index (κ1) is 33.0. The molecule has 1 aromatic heterocycles. The number of nitrogens with zero attached hydrogens (tertiary/aromatic N) is 1. The summed E-state index contributed by atoms with van der Waals surface area (Å²) in [5, 5.41) is 2.55. The van der Waals surface area contributed by atoms with Crippen molar-refractivity contribution in [3.8, 4) is 23.0 Å². The Morgan fingerprint density at radius 3 is 2.49 bits per heavy atom. The van der Waals surface area contributed by atoms with Crippen LogP contribution in [0.4, 0.5) is 0 Å². The fourth-order valence-electron chi connectivity index (χ4n) is 5.06. The van der Waals surface area contributed by atoms with E-state index >= 15 is 0 Å². The van der Waals surface area contributed by atoms with Crippen LogP contribution in [0.15, 0.2) is 60.8 Å². The first-order chi connectivity index (χ1) is 22.6. The van der Waals surface area contributed by atoms with E-state index in [4.69, 9.17) is 33.2 Å². The van der Waals surface area contributed by atoms with Crippen LogP contribution in [-0.4, -0.2) is 67.6 Å². The fraction of sp³-hybridized carbons (Fsp3) is 0.382. The number of rotatable bonds is 10. The molecule has 2 aliphatic heterocycles. The summed E-state index contributed by atoms with van der Waals surface area (Å²) in [6.07, 6.45) is -0.689. The standard InChI is InChI=1S/C34H36N2O11/c1-19(2)32(38)47-29-20(3)46-34(40)24(17-43-33(39)23(29)14-21-8-6-5-7-9-21)36-31(37)28-30(26(41-4)12-13-35-28)42-16-22-10-11-25-27(15-22)45-18-44-25/h5-13,15,19-20,23-24,29H,14,16-18H2,1-4H3,(H,36,37)/t20?,23?,24-,29?/m0/s1. The largest absolute Gasteiger partial charge is 0.493 e. The number of fused-ring (bicyclic) bond motifs is 1. The van der Waals surface area contributed by atoms with Gasteiger partial charge in [0.2, 0.25) is 6.79 Å². The summed E-state index contributed by atoms with van der Waals surface area (Å²) >= 11 is 0. The molecule has 5 rings (SSSR count). The molecule has 3 unspecified atom stereocenters. The summed E-state index contributed by atoms with van der Waals surface area (Å²) in [5.74, 6) is -3.04. The monoisotopic (exact) mass is 648 g/mol. The van der Waals surface area contributed by atoms with Gasteiger partial charge in [0.15, 0.2) is 40.8 Å². The minimum absolute atomic E-state index is 0.0237. The molecule has 3 heterocycles. The Hall–Kier alpha value is -5.33. The van der Waals surface area contributed by atoms with E-state index in [0.29, 0.717) is 11.5 Å². The van der Waals surface area contributed by atoms with Gasteiger partial charge in [0, 0.05) is 12.3 Å². The summed E-state index contributed by atoms with van der Waals surface area (Å²) in [5.41, 5.74) is 1.34. The first-order valence-electron chi connectivity index (χ1n) is 15.1. The van der Waals surface area contributed by atoms with E-state index in [9.17, 15) is 19.2 Å². The van der Waals surface area contributed by atoms with Gasteiger partial charge < -0.3 is 38.5 Å². The van der Waals surface area contributed by atoms with Crippen LogP contribution in [0.25, 0.3) is 0 Å². The molecule has 0 saturated carbocycles. The van der Waals surface area contributed by atoms with Crippen molar-refractivity contribution in [2.45, 2.75) is 52.0 Å². The Labute approximate surface area is 271 Å². The molecule has 248 valence electrons. The number of carbonyl (C=O) groups is 4. The number of amides is 1. The highest BCUT2D eigenvalue weighted by Gasteiger charge is 2.42. The molecule has 3 aromatic rings. The van der Waals surface area contributed by atoms with E-state index in [0.717, 1.165) is 11.1 Å². The van der Waals surface area contributed by atoms with Gasteiger partial charge in [-0.3, -0.25) is 14.4 Å². The third kappa shape index (κ3) is 7.91. The fourth-order valence-corrected chi connectivity index (χ4v) is 5.06. The zero-order chi connectivity index (χ0) is 33.5. The van der Waals surface area contributed by atoms with Crippen molar-refractivity contribution in [1.82, 2.24) is 10.3 Å². The molecule has 0 radical (unpaired) electrons.